The van der Waals surface area contributed by atoms with Crippen LogP contribution in [0.2, 0.25) is 0 Å². The van der Waals surface area contributed by atoms with Gasteiger partial charge in [0.15, 0.2) is 0 Å². The Labute approximate surface area is 190 Å². The monoisotopic (exact) mass is 414 g/mol. The van der Waals surface area contributed by atoms with Gasteiger partial charge < -0.3 is 0 Å². The zero-order chi connectivity index (χ0) is 21.6. The molecule has 2 rings (SSSR count). The molecule has 0 aromatic carbocycles. The van der Waals surface area contributed by atoms with Gasteiger partial charge in [0.05, 0.1) is 0 Å². The first kappa shape index (κ1) is 25.7. The summed E-state index contributed by atoms with van der Waals surface area (Å²) >= 11 is 0. The van der Waals surface area contributed by atoms with Crippen molar-refractivity contribution in [3.63, 3.8) is 0 Å². The van der Waals surface area contributed by atoms with Crippen molar-refractivity contribution in [1.82, 2.24) is 0 Å². The molecule has 0 heterocycles. The van der Waals surface area contributed by atoms with E-state index in [1.165, 1.54) is 109 Å². The Morgan fingerprint density at radius 3 is 1.83 bits per heavy atom. The Morgan fingerprint density at radius 1 is 0.633 bits per heavy atom. The first-order valence-electron chi connectivity index (χ1n) is 14.1. The van der Waals surface area contributed by atoms with Gasteiger partial charge in [-0.2, -0.15) is 0 Å². The average Bonchev–Trinajstić information content (AvgIpc) is 2.75. The minimum Gasteiger partial charge on any atom is -0.0842 e. The van der Waals surface area contributed by atoms with Gasteiger partial charge >= 0.3 is 0 Å². The molecule has 0 fully saturated rings. The van der Waals surface area contributed by atoms with Crippen LogP contribution in [0.25, 0.3) is 0 Å². The third-order valence-corrected chi connectivity index (χ3v) is 8.13. The fourth-order valence-electron chi connectivity index (χ4n) is 6.12. The predicted octanol–water partition coefficient (Wildman–Crippen LogP) is 10.3. The number of hydrogen-bond donors (Lipinski definition) is 0. The quantitative estimate of drug-likeness (QED) is 0.174. The van der Waals surface area contributed by atoms with Crippen molar-refractivity contribution in [3.8, 4) is 0 Å². The molecule has 0 radical (unpaired) electrons. The summed E-state index contributed by atoms with van der Waals surface area (Å²) in [5, 5.41) is 0. The molecule has 0 aromatic heterocycles. The molecule has 0 N–H and O–H groups in total. The van der Waals surface area contributed by atoms with E-state index in [4.69, 9.17) is 0 Å². The Hall–Kier alpha value is -0.520. The third-order valence-electron chi connectivity index (χ3n) is 8.13. The molecule has 174 valence electrons. The van der Waals surface area contributed by atoms with Crippen LogP contribution in [-0.2, 0) is 0 Å². The SMILES string of the molecule is CCCCCCCC1C=CC2CC(C)C(CCCCC)C=C2C1CCCCCCC. The van der Waals surface area contributed by atoms with E-state index >= 15 is 0 Å². The van der Waals surface area contributed by atoms with Gasteiger partial charge in [-0.05, 0) is 55.3 Å². The molecule has 5 unspecified atom stereocenters. The summed E-state index contributed by atoms with van der Waals surface area (Å²) < 4.78 is 0. The third kappa shape index (κ3) is 8.55. The molecule has 2 aliphatic rings. The van der Waals surface area contributed by atoms with E-state index in [9.17, 15) is 0 Å². The van der Waals surface area contributed by atoms with E-state index in [1.54, 1.807) is 0 Å². The molecule has 30 heavy (non-hydrogen) atoms. The van der Waals surface area contributed by atoms with Crippen LogP contribution in [0.1, 0.15) is 137 Å². The number of rotatable bonds is 16. The normalized spacial score (nSPS) is 28.4. The number of fused-ring (bicyclic) bond motifs is 1. The Bertz CT molecular complexity index is 484. The topological polar surface area (TPSA) is 0 Å². The maximum Gasteiger partial charge on any atom is -0.00173 e. The zero-order valence-corrected chi connectivity index (χ0v) is 21.1. The molecular formula is C30H54. The van der Waals surface area contributed by atoms with Gasteiger partial charge in [0.2, 0.25) is 0 Å². The van der Waals surface area contributed by atoms with E-state index in [0.717, 1.165) is 29.6 Å². The first-order chi connectivity index (χ1) is 14.7. The molecule has 0 spiro atoms. The number of allylic oxidation sites excluding steroid dienone is 4. The second-order valence-corrected chi connectivity index (χ2v) is 10.7. The minimum absolute atomic E-state index is 0.763. The van der Waals surface area contributed by atoms with Gasteiger partial charge in [0.1, 0.15) is 0 Å². The average molecular weight is 415 g/mol. The van der Waals surface area contributed by atoms with E-state index < -0.39 is 0 Å². The van der Waals surface area contributed by atoms with Crippen molar-refractivity contribution in [3.05, 3.63) is 23.8 Å². The fourth-order valence-corrected chi connectivity index (χ4v) is 6.12. The lowest BCUT2D eigenvalue weighted by Crippen LogP contribution is -2.30. The maximum atomic E-state index is 2.82. The standard InChI is InChI=1S/C30H54/c1-5-8-11-13-16-18-26-21-22-28-23-25(4)27(19-15-10-7-3)24-30(28)29(26)20-17-14-12-9-6-2/h21-22,24-29H,5-20,23H2,1-4H3. The predicted molar refractivity (Wildman–Crippen MR) is 136 cm³/mol. The van der Waals surface area contributed by atoms with Crippen molar-refractivity contribution in [1.29, 1.82) is 0 Å². The van der Waals surface area contributed by atoms with Crippen molar-refractivity contribution < 1.29 is 0 Å². The summed E-state index contributed by atoms with van der Waals surface area (Å²) in [7, 11) is 0. The van der Waals surface area contributed by atoms with E-state index in [-0.39, 0.29) is 0 Å². The van der Waals surface area contributed by atoms with Crippen LogP contribution in [0.5, 0.6) is 0 Å². The largest absolute Gasteiger partial charge is 0.0842 e. The molecule has 0 aliphatic heterocycles. The molecule has 2 aliphatic carbocycles. The lowest BCUT2D eigenvalue weighted by Gasteiger charge is -2.41. The van der Waals surface area contributed by atoms with Gasteiger partial charge in [-0.15, -0.1) is 0 Å². The van der Waals surface area contributed by atoms with Gasteiger partial charge in [0.25, 0.3) is 0 Å². The second-order valence-electron chi connectivity index (χ2n) is 10.7. The summed E-state index contributed by atoms with van der Waals surface area (Å²) in [5.74, 6) is 4.16. The van der Waals surface area contributed by atoms with Crippen LogP contribution in [-0.4, -0.2) is 0 Å². The summed E-state index contributed by atoms with van der Waals surface area (Å²) in [6, 6.07) is 0. The molecule has 0 aromatic rings. The van der Waals surface area contributed by atoms with Crippen LogP contribution >= 0.6 is 0 Å². The highest BCUT2D eigenvalue weighted by molar-refractivity contribution is 5.27. The van der Waals surface area contributed by atoms with Gasteiger partial charge in [-0.1, -0.05) is 135 Å². The van der Waals surface area contributed by atoms with E-state index in [1.807, 2.05) is 5.57 Å². The summed E-state index contributed by atoms with van der Waals surface area (Å²) in [4.78, 5) is 0. The smallest absolute Gasteiger partial charge is 0.00173 e. The molecule has 0 bridgehead atoms. The van der Waals surface area contributed by atoms with Crippen molar-refractivity contribution in [2.45, 2.75) is 137 Å². The Morgan fingerprint density at radius 2 is 1.17 bits per heavy atom. The summed E-state index contributed by atoms with van der Waals surface area (Å²) in [6.07, 6.45) is 32.3. The van der Waals surface area contributed by atoms with Crippen LogP contribution in [0.4, 0.5) is 0 Å². The highest BCUT2D eigenvalue weighted by Crippen LogP contribution is 2.47. The highest BCUT2D eigenvalue weighted by Gasteiger charge is 2.35. The molecule has 5 atom stereocenters. The molecule has 0 amide bonds. The van der Waals surface area contributed by atoms with Gasteiger partial charge in [-0.3, -0.25) is 0 Å². The van der Waals surface area contributed by atoms with Crippen LogP contribution in [0, 0.1) is 29.6 Å². The summed E-state index contributed by atoms with van der Waals surface area (Å²) in [5.41, 5.74) is 1.88. The summed E-state index contributed by atoms with van der Waals surface area (Å²) in [6.45, 7) is 9.52. The van der Waals surface area contributed by atoms with Gasteiger partial charge in [-0.25, -0.2) is 0 Å². The lowest BCUT2D eigenvalue weighted by atomic mass is 9.64. The highest BCUT2D eigenvalue weighted by atomic mass is 14.4. The number of unbranched alkanes of at least 4 members (excludes halogenated alkanes) is 10. The lowest BCUT2D eigenvalue weighted by molar-refractivity contribution is 0.268. The second kappa shape index (κ2) is 15.3. The van der Waals surface area contributed by atoms with Crippen molar-refractivity contribution in [2.75, 3.05) is 0 Å². The van der Waals surface area contributed by atoms with Crippen molar-refractivity contribution >= 4 is 0 Å². The fraction of sp³-hybridized carbons (Fsp3) is 0.867. The van der Waals surface area contributed by atoms with Crippen molar-refractivity contribution in [2.24, 2.45) is 29.6 Å². The van der Waals surface area contributed by atoms with Gasteiger partial charge in [0, 0.05) is 0 Å². The van der Waals surface area contributed by atoms with E-state index in [2.05, 4.69) is 45.9 Å². The molecule has 0 saturated heterocycles. The zero-order valence-electron chi connectivity index (χ0n) is 21.1. The minimum atomic E-state index is 0.763. The van der Waals surface area contributed by atoms with Crippen LogP contribution in [0.15, 0.2) is 23.8 Å². The number of hydrogen-bond acceptors (Lipinski definition) is 0. The Balaban J connectivity index is 2.02. The van der Waals surface area contributed by atoms with Crippen LogP contribution in [0.3, 0.4) is 0 Å². The van der Waals surface area contributed by atoms with E-state index in [0.29, 0.717) is 0 Å². The Kier molecular flexibility index (Phi) is 13.1. The van der Waals surface area contributed by atoms with Crippen LogP contribution < -0.4 is 0 Å². The first-order valence-corrected chi connectivity index (χ1v) is 14.1. The molecule has 0 nitrogen and oxygen atoms in total. The molecule has 0 heteroatoms. The molecule has 0 saturated carbocycles. The molecular weight excluding hydrogens is 360 g/mol. The maximum absolute atomic E-state index is 2.82.